The van der Waals surface area contributed by atoms with Crippen LogP contribution >= 0.6 is 11.6 Å². The van der Waals surface area contributed by atoms with Crippen LogP contribution in [-0.4, -0.2) is 36.9 Å². The predicted octanol–water partition coefficient (Wildman–Crippen LogP) is 4.18. The molecule has 0 atom stereocenters. The number of halogens is 3. The Morgan fingerprint density at radius 2 is 2.26 bits per heavy atom. The van der Waals surface area contributed by atoms with E-state index >= 15 is 0 Å². The summed E-state index contributed by atoms with van der Waals surface area (Å²) in [5.74, 6) is 0.299. The van der Waals surface area contributed by atoms with Crippen LogP contribution in [0.15, 0.2) is 35.9 Å². The lowest BCUT2D eigenvalue weighted by molar-refractivity contribution is -0.127. The van der Waals surface area contributed by atoms with Gasteiger partial charge in [-0.1, -0.05) is 24.6 Å². The SMILES string of the molecule is CCCN(CC(F)F)C(=O)/C=C/C1=Cc2cc(Cl)ccc2OC1. The van der Waals surface area contributed by atoms with E-state index in [0.717, 1.165) is 21.8 Å². The Morgan fingerprint density at radius 3 is 2.96 bits per heavy atom. The van der Waals surface area contributed by atoms with E-state index in [4.69, 9.17) is 16.3 Å². The van der Waals surface area contributed by atoms with Crippen LogP contribution in [0.5, 0.6) is 5.75 Å². The molecule has 0 aromatic heterocycles. The van der Waals surface area contributed by atoms with Gasteiger partial charge in [0, 0.05) is 23.2 Å². The summed E-state index contributed by atoms with van der Waals surface area (Å²) in [5, 5.41) is 0.593. The van der Waals surface area contributed by atoms with Gasteiger partial charge in [-0.2, -0.15) is 0 Å². The van der Waals surface area contributed by atoms with Crippen molar-refractivity contribution < 1.29 is 18.3 Å². The predicted molar refractivity (Wildman–Crippen MR) is 86.9 cm³/mol. The van der Waals surface area contributed by atoms with Crippen LogP contribution in [-0.2, 0) is 4.79 Å². The van der Waals surface area contributed by atoms with E-state index in [2.05, 4.69) is 0 Å². The second-order valence-corrected chi connectivity index (χ2v) is 5.64. The zero-order valence-corrected chi connectivity index (χ0v) is 13.5. The van der Waals surface area contributed by atoms with Crippen molar-refractivity contribution in [3.8, 4) is 5.75 Å². The maximum Gasteiger partial charge on any atom is 0.255 e. The molecule has 0 bridgehead atoms. The molecule has 6 heteroatoms. The zero-order chi connectivity index (χ0) is 16.8. The van der Waals surface area contributed by atoms with Gasteiger partial charge in [-0.15, -0.1) is 0 Å². The number of amides is 1. The minimum atomic E-state index is -2.54. The largest absolute Gasteiger partial charge is 0.488 e. The third kappa shape index (κ3) is 5.06. The summed E-state index contributed by atoms with van der Waals surface area (Å²) in [5.41, 5.74) is 1.61. The Balaban J connectivity index is 2.08. The molecule has 23 heavy (non-hydrogen) atoms. The van der Waals surface area contributed by atoms with E-state index in [1.165, 1.54) is 6.08 Å². The van der Waals surface area contributed by atoms with Gasteiger partial charge in [-0.3, -0.25) is 4.79 Å². The molecule has 0 aliphatic carbocycles. The van der Waals surface area contributed by atoms with Crippen molar-refractivity contribution in [1.82, 2.24) is 4.90 Å². The molecule has 1 amide bonds. The zero-order valence-electron chi connectivity index (χ0n) is 12.8. The molecule has 0 spiro atoms. The quantitative estimate of drug-likeness (QED) is 0.727. The van der Waals surface area contributed by atoms with Gasteiger partial charge in [-0.25, -0.2) is 8.78 Å². The molecule has 1 heterocycles. The van der Waals surface area contributed by atoms with Crippen LogP contribution in [0.25, 0.3) is 6.08 Å². The second kappa shape index (κ2) is 8.11. The first kappa shape index (κ1) is 17.5. The van der Waals surface area contributed by atoms with Crippen molar-refractivity contribution in [2.75, 3.05) is 19.7 Å². The number of hydrogen-bond donors (Lipinski definition) is 0. The summed E-state index contributed by atoms with van der Waals surface area (Å²) in [6.07, 6.45) is 2.86. The summed E-state index contributed by atoms with van der Waals surface area (Å²) < 4.78 is 30.6. The van der Waals surface area contributed by atoms with E-state index < -0.39 is 18.9 Å². The Hall–Kier alpha value is -1.88. The molecule has 1 aliphatic rings. The smallest absolute Gasteiger partial charge is 0.255 e. The van der Waals surface area contributed by atoms with Crippen LogP contribution in [0, 0.1) is 0 Å². The van der Waals surface area contributed by atoms with E-state index in [9.17, 15) is 13.6 Å². The van der Waals surface area contributed by atoms with Crippen LogP contribution in [0.3, 0.4) is 0 Å². The summed E-state index contributed by atoms with van der Waals surface area (Å²) in [4.78, 5) is 13.2. The van der Waals surface area contributed by atoms with Gasteiger partial charge in [0.05, 0.1) is 6.54 Å². The molecule has 1 aromatic carbocycles. The number of nitrogens with zero attached hydrogens (tertiary/aromatic N) is 1. The lowest BCUT2D eigenvalue weighted by Gasteiger charge is -2.20. The van der Waals surface area contributed by atoms with Crippen LogP contribution in [0.4, 0.5) is 8.78 Å². The number of benzene rings is 1. The van der Waals surface area contributed by atoms with Gasteiger partial charge in [0.2, 0.25) is 5.91 Å². The highest BCUT2D eigenvalue weighted by molar-refractivity contribution is 6.30. The van der Waals surface area contributed by atoms with Gasteiger partial charge in [0.25, 0.3) is 6.43 Å². The molecule has 0 unspecified atom stereocenters. The first-order chi connectivity index (χ1) is 11.0. The van der Waals surface area contributed by atoms with Crippen molar-refractivity contribution in [3.05, 3.63) is 46.5 Å². The molecule has 3 nitrogen and oxygen atoms in total. The number of fused-ring (bicyclic) bond motifs is 1. The number of alkyl halides is 2. The standard InChI is InChI=1S/C17H18ClF2NO2/c1-2-7-21(10-16(19)20)17(22)6-3-12-8-13-9-14(18)4-5-15(13)23-11-12/h3-6,8-9,16H,2,7,10-11H2,1H3/b6-3+. The number of hydrogen-bond acceptors (Lipinski definition) is 2. The maximum atomic E-state index is 12.5. The highest BCUT2D eigenvalue weighted by Crippen LogP contribution is 2.29. The Kier molecular flexibility index (Phi) is 6.16. The highest BCUT2D eigenvalue weighted by atomic mass is 35.5. The van der Waals surface area contributed by atoms with Crippen LogP contribution in [0.2, 0.25) is 5.02 Å². The minimum Gasteiger partial charge on any atom is -0.488 e. The molecule has 0 fully saturated rings. The highest BCUT2D eigenvalue weighted by Gasteiger charge is 2.16. The molecule has 0 radical (unpaired) electrons. The molecular formula is C17H18ClF2NO2. The van der Waals surface area contributed by atoms with Crippen molar-refractivity contribution >= 4 is 23.6 Å². The Labute approximate surface area is 139 Å². The van der Waals surface area contributed by atoms with Gasteiger partial charge >= 0.3 is 0 Å². The molecule has 1 aromatic rings. The van der Waals surface area contributed by atoms with Gasteiger partial charge in [-0.05, 0) is 36.3 Å². The van der Waals surface area contributed by atoms with Crippen molar-refractivity contribution in [2.24, 2.45) is 0 Å². The second-order valence-electron chi connectivity index (χ2n) is 5.20. The third-order valence-electron chi connectivity index (χ3n) is 3.31. The first-order valence-corrected chi connectivity index (χ1v) is 7.75. The van der Waals surface area contributed by atoms with Crippen molar-refractivity contribution in [3.63, 3.8) is 0 Å². The molecule has 0 saturated heterocycles. The average molecular weight is 342 g/mol. The van der Waals surface area contributed by atoms with E-state index in [-0.39, 0.29) is 0 Å². The number of ether oxygens (including phenoxy) is 1. The fourth-order valence-electron chi connectivity index (χ4n) is 2.27. The molecular weight excluding hydrogens is 324 g/mol. The van der Waals surface area contributed by atoms with E-state index in [1.54, 1.807) is 24.3 Å². The summed E-state index contributed by atoms with van der Waals surface area (Å²) >= 11 is 5.94. The molecule has 2 rings (SSSR count). The topological polar surface area (TPSA) is 29.5 Å². The normalized spacial score (nSPS) is 13.7. The van der Waals surface area contributed by atoms with Gasteiger partial charge in [0.15, 0.2) is 0 Å². The first-order valence-electron chi connectivity index (χ1n) is 7.37. The molecule has 0 N–H and O–H groups in total. The van der Waals surface area contributed by atoms with Crippen LogP contribution < -0.4 is 4.74 Å². The lowest BCUT2D eigenvalue weighted by Crippen LogP contribution is -2.34. The Bertz CT molecular complexity index is 629. The number of carbonyl (C=O) groups is 1. The van der Waals surface area contributed by atoms with E-state index in [0.29, 0.717) is 24.6 Å². The summed E-state index contributed by atoms with van der Waals surface area (Å²) in [6, 6.07) is 5.29. The fourth-order valence-corrected chi connectivity index (χ4v) is 2.45. The molecule has 0 saturated carbocycles. The summed E-state index contributed by atoms with van der Waals surface area (Å²) in [7, 11) is 0. The summed E-state index contributed by atoms with van der Waals surface area (Å²) in [6.45, 7) is 1.92. The van der Waals surface area contributed by atoms with Gasteiger partial charge < -0.3 is 9.64 Å². The fraction of sp³-hybridized carbons (Fsp3) is 0.353. The molecule has 1 aliphatic heterocycles. The van der Waals surface area contributed by atoms with Crippen molar-refractivity contribution in [1.29, 1.82) is 0 Å². The van der Waals surface area contributed by atoms with Gasteiger partial charge in [0.1, 0.15) is 12.4 Å². The van der Waals surface area contributed by atoms with E-state index in [1.807, 2.05) is 13.0 Å². The minimum absolute atomic E-state index is 0.307. The average Bonchev–Trinajstić information content (AvgIpc) is 2.51. The Morgan fingerprint density at radius 1 is 1.48 bits per heavy atom. The maximum absolute atomic E-state index is 12.5. The number of rotatable bonds is 6. The number of carbonyl (C=O) groups excluding carboxylic acids is 1. The van der Waals surface area contributed by atoms with Crippen LogP contribution in [0.1, 0.15) is 18.9 Å². The van der Waals surface area contributed by atoms with Crippen molar-refractivity contribution in [2.45, 2.75) is 19.8 Å². The monoisotopic (exact) mass is 341 g/mol. The molecule has 124 valence electrons. The lowest BCUT2D eigenvalue weighted by atomic mass is 10.1. The third-order valence-corrected chi connectivity index (χ3v) is 3.55.